The summed E-state index contributed by atoms with van der Waals surface area (Å²) in [5.41, 5.74) is 9.62. The Bertz CT molecular complexity index is 625. The SMILES string of the molecule is Cc1cccc(NC(=O)CN(C)c2cccc(CN)c2)c1. The minimum absolute atomic E-state index is 0.0405. The van der Waals surface area contributed by atoms with E-state index in [2.05, 4.69) is 5.32 Å². The van der Waals surface area contributed by atoms with Crippen LogP contribution in [-0.4, -0.2) is 19.5 Å². The topological polar surface area (TPSA) is 58.4 Å². The fourth-order valence-corrected chi connectivity index (χ4v) is 2.15. The third-order valence-corrected chi connectivity index (χ3v) is 3.27. The maximum atomic E-state index is 12.1. The molecule has 3 N–H and O–H groups in total. The summed E-state index contributed by atoms with van der Waals surface area (Å²) in [6.45, 7) is 2.79. The summed E-state index contributed by atoms with van der Waals surface area (Å²) in [6, 6.07) is 15.7. The van der Waals surface area contributed by atoms with E-state index in [4.69, 9.17) is 5.73 Å². The number of likely N-dealkylation sites (N-methyl/N-ethyl adjacent to an activating group) is 1. The van der Waals surface area contributed by atoms with Crippen LogP contribution in [0.3, 0.4) is 0 Å². The second kappa shape index (κ2) is 6.90. The lowest BCUT2D eigenvalue weighted by molar-refractivity contribution is -0.114. The average Bonchev–Trinajstić information content (AvgIpc) is 2.47. The van der Waals surface area contributed by atoms with Crippen LogP contribution in [0.25, 0.3) is 0 Å². The molecule has 21 heavy (non-hydrogen) atoms. The molecule has 2 rings (SSSR count). The summed E-state index contributed by atoms with van der Waals surface area (Å²) in [5.74, 6) is -0.0405. The predicted octanol–water partition coefficient (Wildman–Crippen LogP) is 2.53. The fraction of sp³-hybridized carbons (Fsp3) is 0.235. The highest BCUT2D eigenvalue weighted by Gasteiger charge is 2.08. The number of nitrogens with zero attached hydrogens (tertiary/aromatic N) is 1. The third kappa shape index (κ3) is 4.33. The zero-order valence-corrected chi connectivity index (χ0v) is 12.5. The molecule has 0 heterocycles. The van der Waals surface area contributed by atoms with Gasteiger partial charge in [0.05, 0.1) is 6.54 Å². The molecular weight excluding hydrogens is 262 g/mol. The number of hydrogen-bond donors (Lipinski definition) is 2. The van der Waals surface area contributed by atoms with E-state index in [9.17, 15) is 4.79 Å². The highest BCUT2D eigenvalue weighted by atomic mass is 16.2. The van der Waals surface area contributed by atoms with Crippen molar-refractivity contribution in [1.82, 2.24) is 0 Å². The second-order valence-corrected chi connectivity index (χ2v) is 5.15. The molecule has 0 saturated heterocycles. The van der Waals surface area contributed by atoms with E-state index in [0.717, 1.165) is 22.5 Å². The van der Waals surface area contributed by atoms with Crippen LogP contribution < -0.4 is 16.0 Å². The number of carbonyl (C=O) groups is 1. The van der Waals surface area contributed by atoms with Crippen molar-refractivity contribution in [2.24, 2.45) is 5.73 Å². The standard InChI is InChI=1S/C17H21N3O/c1-13-5-3-7-15(9-13)19-17(21)12-20(2)16-8-4-6-14(10-16)11-18/h3-10H,11-12,18H2,1-2H3,(H,19,21). The van der Waals surface area contributed by atoms with E-state index < -0.39 is 0 Å². The molecule has 0 radical (unpaired) electrons. The van der Waals surface area contributed by atoms with E-state index in [1.165, 1.54) is 0 Å². The fourth-order valence-electron chi connectivity index (χ4n) is 2.15. The lowest BCUT2D eigenvalue weighted by Gasteiger charge is -2.19. The van der Waals surface area contributed by atoms with Crippen LogP contribution in [0.5, 0.6) is 0 Å². The van der Waals surface area contributed by atoms with E-state index in [0.29, 0.717) is 13.1 Å². The Kier molecular flexibility index (Phi) is 4.95. The summed E-state index contributed by atoms with van der Waals surface area (Å²) in [5, 5.41) is 2.91. The molecule has 4 heteroatoms. The maximum Gasteiger partial charge on any atom is 0.243 e. The molecule has 1 amide bonds. The van der Waals surface area contributed by atoms with Gasteiger partial charge in [-0.15, -0.1) is 0 Å². The van der Waals surface area contributed by atoms with Crippen molar-refractivity contribution in [2.45, 2.75) is 13.5 Å². The lowest BCUT2D eigenvalue weighted by atomic mass is 10.2. The van der Waals surface area contributed by atoms with Crippen molar-refractivity contribution in [2.75, 3.05) is 23.8 Å². The largest absolute Gasteiger partial charge is 0.365 e. The Morgan fingerprint density at radius 1 is 1.19 bits per heavy atom. The van der Waals surface area contributed by atoms with Gasteiger partial charge in [-0.05, 0) is 42.3 Å². The summed E-state index contributed by atoms with van der Waals surface area (Å²) < 4.78 is 0. The van der Waals surface area contributed by atoms with Gasteiger partial charge in [0.25, 0.3) is 0 Å². The van der Waals surface area contributed by atoms with Crippen LogP contribution in [0.2, 0.25) is 0 Å². The van der Waals surface area contributed by atoms with Crippen molar-refractivity contribution >= 4 is 17.3 Å². The Hall–Kier alpha value is -2.33. The molecule has 0 unspecified atom stereocenters. The number of carbonyl (C=O) groups excluding carboxylic acids is 1. The number of anilines is 2. The molecule has 110 valence electrons. The first-order valence-electron chi connectivity index (χ1n) is 6.95. The Morgan fingerprint density at radius 3 is 2.67 bits per heavy atom. The molecule has 4 nitrogen and oxygen atoms in total. The predicted molar refractivity (Wildman–Crippen MR) is 87.4 cm³/mol. The van der Waals surface area contributed by atoms with Gasteiger partial charge in [0.15, 0.2) is 0 Å². The maximum absolute atomic E-state index is 12.1. The van der Waals surface area contributed by atoms with Gasteiger partial charge in [-0.2, -0.15) is 0 Å². The number of rotatable bonds is 5. The van der Waals surface area contributed by atoms with E-state index in [1.54, 1.807) is 0 Å². The van der Waals surface area contributed by atoms with Crippen LogP contribution in [0.1, 0.15) is 11.1 Å². The van der Waals surface area contributed by atoms with E-state index in [-0.39, 0.29) is 5.91 Å². The van der Waals surface area contributed by atoms with Gasteiger partial charge in [0.1, 0.15) is 0 Å². The van der Waals surface area contributed by atoms with Gasteiger partial charge in [0, 0.05) is 25.0 Å². The number of nitrogens with one attached hydrogen (secondary N) is 1. The molecule has 0 aliphatic rings. The molecule has 0 spiro atoms. The quantitative estimate of drug-likeness (QED) is 0.886. The Balaban J connectivity index is 1.98. The van der Waals surface area contributed by atoms with Crippen molar-refractivity contribution in [1.29, 1.82) is 0 Å². The molecule has 0 atom stereocenters. The van der Waals surface area contributed by atoms with Crippen LogP contribution in [0.15, 0.2) is 48.5 Å². The van der Waals surface area contributed by atoms with Gasteiger partial charge in [-0.25, -0.2) is 0 Å². The number of benzene rings is 2. The molecule has 0 aliphatic carbocycles. The van der Waals surface area contributed by atoms with Gasteiger partial charge >= 0.3 is 0 Å². The summed E-state index contributed by atoms with van der Waals surface area (Å²) in [4.78, 5) is 14.0. The molecular formula is C17H21N3O. The van der Waals surface area contributed by atoms with Gasteiger partial charge in [-0.3, -0.25) is 4.79 Å². The second-order valence-electron chi connectivity index (χ2n) is 5.15. The molecule has 2 aromatic rings. The molecule has 0 aliphatic heterocycles. The minimum Gasteiger partial charge on any atom is -0.365 e. The number of aryl methyl sites for hydroxylation is 1. The van der Waals surface area contributed by atoms with Crippen LogP contribution in [-0.2, 0) is 11.3 Å². The molecule has 0 saturated carbocycles. The molecule has 0 fully saturated rings. The number of nitrogens with two attached hydrogens (primary N) is 1. The summed E-state index contributed by atoms with van der Waals surface area (Å²) in [7, 11) is 1.89. The van der Waals surface area contributed by atoms with Crippen molar-refractivity contribution < 1.29 is 4.79 Å². The highest BCUT2D eigenvalue weighted by Crippen LogP contribution is 2.15. The van der Waals surface area contributed by atoms with Gasteiger partial charge in [-0.1, -0.05) is 24.3 Å². The molecule has 0 bridgehead atoms. The average molecular weight is 283 g/mol. The van der Waals surface area contributed by atoms with Gasteiger partial charge < -0.3 is 16.0 Å². The Morgan fingerprint density at radius 2 is 1.95 bits per heavy atom. The third-order valence-electron chi connectivity index (χ3n) is 3.27. The molecule has 0 aromatic heterocycles. The van der Waals surface area contributed by atoms with E-state index in [1.807, 2.05) is 67.4 Å². The zero-order chi connectivity index (χ0) is 15.2. The smallest absolute Gasteiger partial charge is 0.243 e. The van der Waals surface area contributed by atoms with Crippen molar-refractivity contribution in [3.8, 4) is 0 Å². The number of amides is 1. The summed E-state index contributed by atoms with van der Waals surface area (Å²) >= 11 is 0. The first kappa shape index (κ1) is 15.1. The first-order chi connectivity index (χ1) is 10.1. The highest BCUT2D eigenvalue weighted by molar-refractivity contribution is 5.94. The Labute approximate surface area is 125 Å². The zero-order valence-electron chi connectivity index (χ0n) is 12.5. The van der Waals surface area contributed by atoms with Crippen LogP contribution >= 0.6 is 0 Å². The van der Waals surface area contributed by atoms with Crippen molar-refractivity contribution in [3.05, 3.63) is 59.7 Å². The van der Waals surface area contributed by atoms with Crippen LogP contribution in [0, 0.1) is 6.92 Å². The van der Waals surface area contributed by atoms with E-state index >= 15 is 0 Å². The first-order valence-corrected chi connectivity index (χ1v) is 6.95. The number of hydrogen-bond acceptors (Lipinski definition) is 3. The monoisotopic (exact) mass is 283 g/mol. The van der Waals surface area contributed by atoms with Gasteiger partial charge in [0.2, 0.25) is 5.91 Å². The van der Waals surface area contributed by atoms with Crippen molar-refractivity contribution in [3.63, 3.8) is 0 Å². The molecule has 2 aromatic carbocycles. The minimum atomic E-state index is -0.0405. The lowest BCUT2D eigenvalue weighted by Crippen LogP contribution is -2.30. The normalized spacial score (nSPS) is 10.2. The summed E-state index contributed by atoms with van der Waals surface area (Å²) in [6.07, 6.45) is 0. The van der Waals surface area contributed by atoms with Crippen LogP contribution in [0.4, 0.5) is 11.4 Å².